The van der Waals surface area contributed by atoms with E-state index in [1.54, 1.807) is 6.07 Å². The molecule has 0 bridgehead atoms. The summed E-state index contributed by atoms with van der Waals surface area (Å²) in [6.07, 6.45) is 6.58. The first kappa shape index (κ1) is 13.8. The lowest BCUT2D eigenvalue weighted by molar-refractivity contribution is 0.503. The monoisotopic (exact) mass is 255 g/mol. The lowest BCUT2D eigenvalue weighted by Crippen LogP contribution is -2.26. The summed E-state index contributed by atoms with van der Waals surface area (Å²) in [7, 11) is -2.01. The van der Waals surface area contributed by atoms with E-state index in [-0.39, 0.29) is 11.4 Å². The third kappa shape index (κ3) is 3.33. The molecule has 1 aromatic rings. The zero-order valence-corrected chi connectivity index (χ0v) is 10.8. The second-order valence-corrected chi connectivity index (χ2v) is 5.65. The summed E-state index contributed by atoms with van der Waals surface area (Å²) in [4.78, 5) is 3.16. The van der Waals surface area contributed by atoms with Gasteiger partial charge in [0, 0.05) is 25.5 Å². The quantitative estimate of drug-likeness (QED) is 0.722. The molecule has 17 heavy (non-hydrogen) atoms. The molecule has 0 aliphatic heterocycles. The summed E-state index contributed by atoms with van der Waals surface area (Å²) < 4.78 is 25.1. The van der Waals surface area contributed by atoms with Crippen LogP contribution in [-0.2, 0) is 16.6 Å². The SMILES string of the molecule is C#CCN(C)S(=O)(=O)c1c[nH]c(CNCC)c1. The zero-order chi connectivity index (χ0) is 12.9. The summed E-state index contributed by atoms with van der Waals surface area (Å²) in [5.41, 5.74) is 0.833. The van der Waals surface area contributed by atoms with Crippen LogP contribution in [0.25, 0.3) is 0 Å². The van der Waals surface area contributed by atoms with Crippen molar-refractivity contribution in [2.75, 3.05) is 20.1 Å². The van der Waals surface area contributed by atoms with Gasteiger partial charge in [-0.15, -0.1) is 6.42 Å². The Morgan fingerprint density at radius 1 is 1.59 bits per heavy atom. The van der Waals surface area contributed by atoms with Crippen molar-refractivity contribution in [3.63, 3.8) is 0 Å². The van der Waals surface area contributed by atoms with Crippen molar-refractivity contribution < 1.29 is 8.42 Å². The van der Waals surface area contributed by atoms with Crippen LogP contribution in [0.4, 0.5) is 0 Å². The first-order chi connectivity index (χ1) is 8.02. The number of nitrogens with one attached hydrogen (secondary N) is 2. The maximum atomic E-state index is 12.0. The highest BCUT2D eigenvalue weighted by atomic mass is 32.2. The minimum atomic E-state index is -3.47. The van der Waals surface area contributed by atoms with Crippen molar-refractivity contribution in [3.8, 4) is 12.3 Å². The van der Waals surface area contributed by atoms with Crippen molar-refractivity contribution in [3.05, 3.63) is 18.0 Å². The number of nitrogens with zero attached hydrogens (tertiary/aromatic N) is 1. The van der Waals surface area contributed by atoms with Gasteiger partial charge in [-0.3, -0.25) is 0 Å². The van der Waals surface area contributed by atoms with Gasteiger partial charge in [0.1, 0.15) is 0 Å². The van der Waals surface area contributed by atoms with Crippen molar-refractivity contribution in [2.45, 2.75) is 18.4 Å². The highest BCUT2D eigenvalue weighted by Gasteiger charge is 2.21. The van der Waals surface area contributed by atoms with Crippen molar-refractivity contribution in [1.29, 1.82) is 0 Å². The van der Waals surface area contributed by atoms with E-state index < -0.39 is 10.0 Å². The molecule has 0 saturated carbocycles. The Kier molecular flexibility index (Phi) is 4.75. The van der Waals surface area contributed by atoms with Crippen LogP contribution in [0.2, 0.25) is 0 Å². The van der Waals surface area contributed by atoms with Crippen LogP contribution in [0.1, 0.15) is 12.6 Å². The van der Waals surface area contributed by atoms with Crippen LogP contribution in [0, 0.1) is 12.3 Å². The number of H-pyrrole nitrogens is 1. The van der Waals surface area contributed by atoms with E-state index in [1.807, 2.05) is 6.92 Å². The second-order valence-electron chi connectivity index (χ2n) is 3.61. The molecule has 0 aliphatic rings. The van der Waals surface area contributed by atoms with Gasteiger partial charge >= 0.3 is 0 Å². The van der Waals surface area contributed by atoms with Crippen molar-refractivity contribution in [2.24, 2.45) is 0 Å². The minimum Gasteiger partial charge on any atom is -0.363 e. The Morgan fingerprint density at radius 2 is 2.29 bits per heavy atom. The second kappa shape index (κ2) is 5.87. The largest absolute Gasteiger partial charge is 0.363 e. The van der Waals surface area contributed by atoms with Gasteiger partial charge in [-0.2, -0.15) is 4.31 Å². The Hall–Kier alpha value is -1.29. The predicted molar refractivity (Wildman–Crippen MR) is 66.8 cm³/mol. The van der Waals surface area contributed by atoms with Gasteiger partial charge in [0.05, 0.1) is 11.4 Å². The van der Waals surface area contributed by atoms with Crippen molar-refractivity contribution in [1.82, 2.24) is 14.6 Å². The predicted octanol–water partition coefficient (Wildman–Crippen LogP) is 0.378. The van der Waals surface area contributed by atoms with Crippen LogP contribution in [0.3, 0.4) is 0 Å². The van der Waals surface area contributed by atoms with E-state index in [1.165, 1.54) is 13.2 Å². The molecular formula is C11H17N3O2S. The zero-order valence-electron chi connectivity index (χ0n) is 10.0. The van der Waals surface area contributed by atoms with Crippen LogP contribution in [-0.4, -0.2) is 37.8 Å². The first-order valence-electron chi connectivity index (χ1n) is 5.30. The van der Waals surface area contributed by atoms with E-state index in [0.717, 1.165) is 16.5 Å². The highest BCUT2D eigenvalue weighted by molar-refractivity contribution is 7.89. The fourth-order valence-electron chi connectivity index (χ4n) is 1.32. The smallest absolute Gasteiger partial charge is 0.245 e. The van der Waals surface area contributed by atoms with Gasteiger partial charge in [-0.25, -0.2) is 8.42 Å². The molecule has 1 aromatic heterocycles. The molecule has 0 fully saturated rings. The fraction of sp³-hybridized carbons (Fsp3) is 0.455. The molecular weight excluding hydrogens is 238 g/mol. The Bertz CT molecular complexity index is 499. The highest BCUT2D eigenvalue weighted by Crippen LogP contribution is 2.15. The average Bonchev–Trinajstić information content (AvgIpc) is 2.75. The van der Waals surface area contributed by atoms with Crippen LogP contribution in [0.5, 0.6) is 0 Å². The summed E-state index contributed by atoms with van der Waals surface area (Å²) in [6.45, 7) is 3.50. The number of hydrogen-bond acceptors (Lipinski definition) is 3. The molecule has 6 heteroatoms. The Balaban J connectivity index is 2.86. The van der Waals surface area contributed by atoms with Gasteiger partial charge in [0.2, 0.25) is 10.0 Å². The molecule has 1 rings (SSSR count). The number of aromatic nitrogens is 1. The molecule has 5 nitrogen and oxygen atoms in total. The number of sulfonamides is 1. The third-order valence-electron chi connectivity index (χ3n) is 2.30. The Labute approximate surface area is 102 Å². The normalized spacial score (nSPS) is 11.6. The Morgan fingerprint density at radius 3 is 2.88 bits per heavy atom. The maximum Gasteiger partial charge on any atom is 0.245 e. The number of terminal acetylenes is 1. The van der Waals surface area contributed by atoms with Gasteiger partial charge in [-0.1, -0.05) is 12.8 Å². The standard InChI is InChI=1S/C11H17N3O2S/c1-4-6-14(3)17(15,16)11-7-10(13-9-11)8-12-5-2/h1,7,9,12-13H,5-6,8H2,2-3H3. The number of hydrogen-bond donors (Lipinski definition) is 2. The summed E-state index contributed by atoms with van der Waals surface area (Å²) in [5, 5.41) is 3.11. The van der Waals surface area contributed by atoms with E-state index in [0.29, 0.717) is 6.54 Å². The topological polar surface area (TPSA) is 65.2 Å². The molecule has 0 aromatic carbocycles. The van der Waals surface area contributed by atoms with Gasteiger partial charge in [0.25, 0.3) is 0 Å². The molecule has 0 spiro atoms. The first-order valence-corrected chi connectivity index (χ1v) is 6.74. The average molecular weight is 255 g/mol. The third-order valence-corrected chi connectivity index (χ3v) is 4.09. The summed E-state index contributed by atoms with van der Waals surface area (Å²) in [6, 6.07) is 1.62. The summed E-state index contributed by atoms with van der Waals surface area (Å²) >= 11 is 0. The molecule has 0 radical (unpaired) electrons. The number of rotatable bonds is 6. The van der Waals surface area contributed by atoms with Gasteiger partial charge in [0.15, 0.2) is 0 Å². The lowest BCUT2D eigenvalue weighted by Gasteiger charge is -2.12. The fourth-order valence-corrected chi connectivity index (χ4v) is 2.43. The summed E-state index contributed by atoms with van der Waals surface area (Å²) in [5.74, 6) is 2.31. The van der Waals surface area contributed by atoms with E-state index >= 15 is 0 Å². The molecule has 94 valence electrons. The minimum absolute atomic E-state index is 0.0655. The van der Waals surface area contributed by atoms with Crippen LogP contribution < -0.4 is 5.32 Å². The molecule has 1 heterocycles. The van der Waals surface area contributed by atoms with Crippen LogP contribution >= 0.6 is 0 Å². The molecule has 0 saturated heterocycles. The van der Waals surface area contributed by atoms with Gasteiger partial charge in [-0.05, 0) is 12.6 Å². The molecule has 0 amide bonds. The lowest BCUT2D eigenvalue weighted by atomic mass is 10.4. The maximum absolute atomic E-state index is 12.0. The van der Waals surface area contributed by atoms with Gasteiger partial charge < -0.3 is 10.3 Å². The molecule has 2 N–H and O–H groups in total. The van der Waals surface area contributed by atoms with E-state index in [9.17, 15) is 8.42 Å². The molecule has 0 unspecified atom stereocenters. The van der Waals surface area contributed by atoms with Crippen LogP contribution in [0.15, 0.2) is 17.2 Å². The molecule has 0 atom stereocenters. The molecule has 0 aliphatic carbocycles. The van der Waals surface area contributed by atoms with Crippen molar-refractivity contribution >= 4 is 10.0 Å². The van der Waals surface area contributed by atoms with E-state index in [4.69, 9.17) is 6.42 Å². The van der Waals surface area contributed by atoms with E-state index in [2.05, 4.69) is 16.2 Å². The number of aromatic amines is 1.